The van der Waals surface area contributed by atoms with Crippen molar-refractivity contribution >= 4 is 34.7 Å². The second-order valence-corrected chi connectivity index (χ2v) is 4.95. The number of piperidine rings is 1. The van der Waals surface area contributed by atoms with E-state index in [4.69, 9.17) is 5.73 Å². The number of halogens is 1. The van der Waals surface area contributed by atoms with Gasteiger partial charge < -0.3 is 10.6 Å². The molecule has 6 nitrogen and oxygen atoms in total. The van der Waals surface area contributed by atoms with Gasteiger partial charge in [-0.1, -0.05) is 11.3 Å². The largest absolute Gasteiger partial charge is 0.339 e. The lowest BCUT2D eigenvalue weighted by atomic mass is 10.1. The highest BCUT2D eigenvalue weighted by molar-refractivity contribution is 7.13. The summed E-state index contributed by atoms with van der Waals surface area (Å²) in [5.41, 5.74) is 6.15. The lowest BCUT2D eigenvalue weighted by Gasteiger charge is -2.29. The first kappa shape index (κ1) is 14.9. The summed E-state index contributed by atoms with van der Waals surface area (Å²) in [6.45, 7) is 1.26. The molecule has 0 bridgehead atoms. The molecule has 1 aromatic heterocycles. The lowest BCUT2D eigenvalue weighted by molar-refractivity contribution is -0.380. The summed E-state index contributed by atoms with van der Waals surface area (Å²) in [4.78, 5) is 23.8. The maximum atomic E-state index is 12.0. The average Bonchev–Trinajstić information content (AvgIpc) is 2.78. The molecule has 8 heteroatoms. The van der Waals surface area contributed by atoms with Gasteiger partial charge in [0.1, 0.15) is 0 Å². The zero-order chi connectivity index (χ0) is 12.4. The van der Waals surface area contributed by atoms with Crippen molar-refractivity contribution in [3.05, 3.63) is 27.1 Å². The van der Waals surface area contributed by atoms with E-state index in [1.807, 2.05) is 0 Å². The van der Waals surface area contributed by atoms with Crippen LogP contribution in [0.3, 0.4) is 0 Å². The standard InChI is InChI=1S/C10H13N3O3S.ClH/c11-8-1-3-12(4-2-8)10(14)7-5-9(13(15)16)17-6-7;/h5-6,8H,1-4,11H2;1H. The number of likely N-dealkylation sites (tertiary alicyclic amines) is 1. The predicted molar refractivity (Wildman–Crippen MR) is 71.3 cm³/mol. The fraction of sp³-hybridized carbons (Fsp3) is 0.500. The second-order valence-electron chi connectivity index (χ2n) is 4.06. The minimum Gasteiger partial charge on any atom is -0.339 e. The summed E-state index contributed by atoms with van der Waals surface area (Å²) in [5.74, 6) is -0.138. The topological polar surface area (TPSA) is 89.5 Å². The van der Waals surface area contributed by atoms with Crippen molar-refractivity contribution in [2.75, 3.05) is 13.1 Å². The minimum absolute atomic E-state index is 0. The summed E-state index contributed by atoms with van der Waals surface area (Å²) < 4.78 is 0. The summed E-state index contributed by atoms with van der Waals surface area (Å²) in [6, 6.07) is 1.50. The Bertz CT molecular complexity index is 443. The molecule has 2 N–H and O–H groups in total. The number of nitro groups is 1. The van der Waals surface area contributed by atoms with E-state index in [0.717, 1.165) is 24.2 Å². The molecular weight excluding hydrogens is 278 g/mol. The molecule has 2 heterocycles. The van der Waals surface area contributed by atoms with E-state index in [-0.39, 0.29) is 29.4 Å². The molecule has 0 spiro atoms. The Balaban J connectivity index is 0.00000162. The van der Waals surface area contributed by atoms with Gasteiger partial charge in [0.2, 0.25) is 0 Å². The summed E-state index contributed by atoms with van der Waals surface area (Å²) >= 11 is 0.979. The van der Waals surface area contributed by atoms with Crippen LogP contribution in [-0.2, 0) is 0 Å². The van der Waals surface area contributed by atoms with Gasteiger partial charge in [-0.3, -0.25) is 14.9 Å². The van der Waals surface area contributed by atoms with Crippen molar-refractivity contribution in [3.63, 3.8) is 0 Å². The number of nitrogens with two attached hydrogens (primary N) is 1. The maximum absolute atomic E-state index is 12.0. The Hall–Kier alpha value is -1.18. The van der Waals surface area contributed by atoms with E-state index in [1.54, 1.807) is 4.90 Å². The highest BCUT2D eigenvalue weighted by Gasteiger charge is 2.23. The molecule has 0 radical (unpaired) electrons. The Morgan fingerprint density at radius 2 is 2.11 bits per heavy atom. The van der Waals surface area contributed by atoms with Crippen LogP contribution in [0, 0.1) is 10.1 Å². The number of nitrogens with zero attached hydrogens (tertiary/aromatic N) is 2. The Labute approximate surface area is 114 Å². The number of hydrogen-bond acceptors (Lipinski definition) is 5. The lowest BCUT2D eigenvalue weighted by Crippen LogP contribution is -2.42. The number of carbonyl (C=O) groups is 1. The number of hydrogen-bond donors (Lipinski definition) is 1. The van der Waals surface area contributed by atoms with E-state index < -0.39 is 4.92 Å². The van der Waals surface area contributed by atoms with Crippen LogP contribution in [0.1, 0.15) is 23.2 Å². The molecule has 0 atom stereocenters. The fourth-order valence-electron chi connectivity index (χ4n) is 1.82. The smallest absolute Gasteiger partial charge is 0.324 e. The first-order valence-corrected chi connectivity index (χ1v) is 6.23. The first-order chi connectivity index (χ1) is 8.08. The first-order valence-electron chi connectivity index (χ1n) is 5.35. The monoisotopic (exact) mass is 291 g/mol. The normalized spacial score (nSPS) is 16.2. The van der Waals surface area contributed by atoms with Crippen LogP contribution in [-0.4, -0.2) is 34.9 Å². The van der Waals surface area contributed by atoms with Crippen LogP contribution in [0.15, 0.2) is 11.4 Å². The van der Waals surface area contributed by atoms with Gasteiger partial charge in [0.05, 0.1) is 10.5 Å². The molecule has 1 fully saturated rings. The van der Waals surface area contributed by atoms with Gasteiger partial charge in [0.25, 0.3) is 5.91 Å². The number of carbonyl (C=O) groups excluding carboxylic acids is 1. The molecule has 0 aliphatic carbocycles. The maximum Gasteiger partial charge on any atom is 0.324 e. The molecule has 1 aliphatic heterocycles. The fourth-order valence-corrected chi connectivity index (χ4v) is 2.52. The molecule has 1 saturated heterocycles. The van der Waals surface area contributed by atoms with Crippen LogP contribution in [0.2, 0.25) is 0 Å². The van der Waals surface area contributed by atoms with Crippen LogP contribution in [0.25, 0.3) is 0 Å². The summed E-state index contributed by atoms with van der Waals surface area (Å²) in [7, 11) is 0. The van der Waals surface area contributed by atoms with Crippen molar-refractivity contribution in [3.8, 4) is 0 Å². The van der Waals surface area contributed by atoms with E-state index in [2.05, 4.69) is 0 Å². The Morgan fingerprint density at radius 3 is 2.61 bits per heavy atom. The SMILES string of the molecule is Cl.NC1CCN(C(=O)c2csc([N+](=O)[O-])c2)CC1. The van der Waals surface area contributed by atoms with Gasteiger partial charge >= 0.3 is 5.00 Å². The molecular formula is C10H14ClN3O3S. The molecule has 0 aromatic carbocycles. The predicted octanol–water partition coefficient (Wildman–Crippen LogP) is 1.64. The van der Waals surface area contributed by atoms with E-state index in [1.165, 1.54) is 11.4 Å². The summed E-state index contributed by atoms with van der Waals surface area (Å²) in [6.07, 6.45) is 1.58. The summed E-state index contributed by atoms with van der Waals surface area (Å²) in [5, 5.41) is 12.1. The van der Waals surface area contributed by atoms with Gasteiger partial charge in [-0.25, -0.2) is 0 Å². The van der Waals surface area contributed by atoms with Crippen molar-refractivity contribution in [2.45, 2.75) is 18.9 Å². The zero-order valence-corrected chi connectivity index (χ0v) is 11.2. The highest BCUT2D eigenvalue weighted by atomic mass is 35.5. The van der Waals surface area contributed by atoms with Crippen LogP contribution in [0.5, 0.6) is 0 Å². The van der Waals surface area contributed by atoms with Gasteiger partial charge in [-0.2, -0.15) is 0 Å². The third-order valence-corrected chi connectivity index (χ3v) is 3.72. The van der Waals surface area contributed by atoms with Crippen LogP contribution in [0.4, 0.5) is 5.00 Å². The van der Waals surface area contributed by atoms with E-state index >= 15 is 0 Å². The number of amides is 1. The molecule has 0 unspecified atom stereocenters. The van der Waals surface area contributed by atoms with E-state index in [0.29, 0.717) is 18.7 Å². The van der Waals surface area contributed by atoms with Crippen molar-refractivity contribution < 1.29 is 9.72 Å². The quantitative estimate of drug-likeness (QED) is 0.662. The molecule has 18 heavy (non-hydrogen) atoms. The third-order valence-electron chi connectivity index (χ3n) is 2.84. The van der Waals surface area contributed by atoms with E-state index in [9.17, 15) is 14.9 Å². The van der Waals surface area contributed by atoms with Gasteiger partial charge in [0.15, 0.2) is 0 Å². The van der Waals surface area contributed by atoms with Crippen LogP contribution >= 0.6 is 23.7 Å². The molecule has 1 aliphatic rings. The molecule has 100 valence electrons. The highest BCUT2D eigenvalue weighted by Crippen LogP contribution is 2.24. The Morgan fingerprint density at radius 1 is 1.50 bits per heavy atom. The minimum atomic E-state index is -0.479. The van der Waals surface area contributed by atoms with Gasteiger partial charge in [-0.15, -0.1) is 12.4 Å². The number of rotatable bonds is 2. The van der Waals surface area contributed by atoms with Crippen molar-refractivity contribution in [2.24, 2.45) is 5.73 Å². The molecule has 0 saturated carbocycles. The third kappa shape index (κ3) is 3.18. The zero-order valence-electron chi connectivity index (χ0n) is 9.57. The van der Waals surface area contributed by atoms with Crippen molar-refractivity contribution in [1.29, 1.82) is 0 Å². The van der Waals surface area contributed by atoms with Crippen LogP contribution < -0.4 is 5.73 Å². The second kappa shape index (κ2) is 6.12. The van der Waals surface area contributed by atoms with Gasteiger partial charge in [0, 0.05) is 30.6 Å². The molecule has 1 aromatic rings. The number of thiophene rings is 1. The average molecular weight is 292 g/mol. The van der Waals surface area contributed by atoms with Gasteiger partial charge in [-0.05, 0) is 12.8 Å². The Kier molecular flexibility index (Phi) is 5.06. The molecule has 1 amide bonds. The van der Waals surface area contributed by atoms with Crippen molar-refractivity contribution in [1.82, 2.24) is 4.90 Å². The molecule has 2 rings (SSSR count).